The summed E-state index contributed by atoms with van der Waals surface area (Å²) in [6.45, 7) is 7.91. The van der Waals surface area contributed by atoms with Crippen molar-refractivity contribution in [3.05, 3.63) is 69.0 Å². The highest BCUT2D eigenvalue weighted by atomic mass is 32.1. The number of aryl methyl sites for hydroxylation is 1. The van der Waals surface area contributed by atoms with Crippen LogP contribution in [-0.2, 0) is 16.1 Å². The van der Waals surface area contributed by atoms with Crippen molar-refractivity contribution in [2.45, 2.75) is 40.2 Å². The van der Waals surface area contributed by atoms with Gasteiger partial charge in [-0.25, -0.2) is 9.59 Å². The second kappa shape index (κ2) is 10.6. The molecule has 0 radical (unpaired) electrons. The highest BCUT2D eigenvalue weighted by Gasteiger charge is 2.27. The van der Waals surface area contributed by atoms with E-state index < -0.39 is 17.8 Å². The van der Waals surface area contributed by atoms with Crippen LogP contribution in [0.3, 0.4) is 0 Å². The van der Waals surface area contributed by atoms with Crippen LogP contribution in [0.2, 0.25) is 0 Å². The number of hydrogen-bond acceptors (Lipinski definition) is 8. The van der Waals surface area contributed by atoms with Crippen LogP contribution in [0.1, 0.15) is 72.8 Å². The molecule has 3 aromatic rings. The molecule has 1 aromatic carbocycles. The summed E-state index contributed by atoms with van der Waals surface area (Å²) in [5.74, 6) is -0.298. The average Bonchev–Trinajstić information content (AvgIpc) is 3.41. The van der Waals surface area contributed by atoms with Gasteiger partial charge in [-0.2, -0.15) is 0 Å². The Morgan fingerprint density at radius 2 is 1.74 bits per heavy atom. The molecule has 180 valence electrons. The Balaban J connectivity index is 1.77. The Hall–Kier alpha value is -3.59. The second-order valence-corrected chi connectivity index (χ2v) is 8.97. The predicted octanol–water partition coefficient (Wildman–Crippen LogP) is 5.49. The molecule has 0 unspecified atom stereocenters. The first kappa shape index (κ1) is 25.0. The summed E-state index contributed by atoms with van der Waals surface area (Å²) in [7, 11) is 2.46. The van der Waals surface area contributed by atoms with E-state index in [-0.39, 0.29) is 27.8 Å². The summed E-state index contributed by atoms with van der Waals surface area (Å²) in [6.07, 6.45) is 0. The summed E-state index contributed by atoms with van der Waals surface area (Å²) < 4.78 is 21.2. The zero-order chi connectivity index (χ0) is 25.0. The van der Waals surface area contributed by atoms with Crippen molar-refractivity contribution in [2.75, 3.05) is 19.5 Å². The summed E-state index contributed by atoms with van der Waals surface area (Å²) in [6, 6.07) is 9.23. The van der Waals surface area contributed by atoms with Crippen LogP contribution in [0.4, 0.5) is 5.00 Å². The number of benzene rings is 1. The van der Waals surface area contributed by atoms with E-state index in [1.54, 1.807) is 13.0 Å². The van der Waals surface area contributed by atoms with Crippen molar-refractivity contribution in [3.8, 4) is 5.75 Å². The third-order valence-corrected chi connectivity index (χ3v) is 6.37. The third-order valence-electron chi connectivity index (χ3n) is 5.18. The zero-order valence-corrected chi connectivity index (χ0v) is 20.8. The number of furan rings is 1. The topological polar surface area (TPSA) is 104 Å². The van der Waals surface area contributed by atoms with Crippen LogP contribution < -0.4 is 10.1 Å². The van der Waals surface area contributed by atoms with Gasteiger partial charge < -0.3 is 23.9 Å². The minimum Gasteiger partial charge on any atom is -0.485 e. The standard InChI is InChI=1S/C25H27NO7S/c1-13(2)17-9-7-14(3)11-19(17)32-12-16-8-10-18(33-16)22(27)26-23-20(24(28)30-5)15(4)21(34-23)25(29)31-6/h7-11,13H,12H2,1-6H3,(H,26,27). The van der Waals surface area contributed by atoms with E-state index in [0.717, 1.165) is 28.2 Å². The lowest BCUT2D eigenvalue weighted by Crippen LogP contribution is -2.13. The average molecular weight is 486 g/mol. The van der Waals surface area contributed by atoms with Crippen molar-refractivity contribution in [2.24, 2.45) is 0 Å². The van der Waals surface area contributed by atoms with Crippen LogP contribution in [0.15, 0.2) is 34.7 Å². The van der Waals surface area contributed by atoms with Crippen LogP contribution in [0.25, 0.3) is 0 Å². The normalized spacial score (nSPS) is 10.8. The molecule has 0 spiro atoms. The third kappa shape index (κ3) is 5.31. The number of anilines is 1. The largest absolute Gasteiger partial charge is 0.485 e. The quantitative estimate of drug-likeness (QED) is 0.421. The molecule has 0 fully saturated rings. The first-order chi connectivity index (χ1) is 16.2. The number of ether oxygens (including phenoxy) is 3. The first-order valence-corrected chi connectivity index (χ1v) is 11.4. The summed E-state index contributed by atoms with van der Waals surface area (Å²) >= 11 is 0.932. The van der Waals surface area contributed by atoms with E-state index in [4.69, 9.17) is 18.6 Å². The van der Waals surface area contributed by atoms with Crippen molar-refractivity contribution >= 4 is 34.2 Å². The smallest absolute Gasteiger partial charge is 0.348 e. The number of carbonyl (C=O) groups is 3. The molecule has 0 atom stereocenters. The summed E-state index contributed by atoms with van der Waals surface area (Å²) in [4.78, 5) is 37.3. The number of methoxy groups -OCH3 is 2. The van der Waals surface area contributed by atoms with Crippen LogP contribution in [0, 0.1) is 13.8 Å². The highest BCUT2D eigenvalue weighted by molar-refractivity contribution is 7.18. The molecule has 3 rings (SSSR count). The molecule has 9 heteroatoms. The molecule has 0 aliphatic rings. The van der Waals surface area contributed by atoms with Crippen LogP contribution in [0.5, 0.6) is 5.75 Å². The van der Waals surface area contributed by atoms with E-state index in [9.17, 15) is 14.4 Å². The molecule has 0 aliphatic carbocycles. The van der Waals surface area contributed by atoms with Crippen molar-refractivity contribution in [1.29, 1.82) is 0 Å². The Morgan fingerprint density at radius 1 is 1.03 bits per heavy atom. The van der Waals surface area contributed by atoms with Crippen LogP contribution in [-0.4, -0.2) is 32.1 Å². The van der Waals surface area contributed by atoms with Gasteiger partial charge in [0.2, 0.25) is 0 Å². The van der Waals surface area contributed by atoms with Gasteiger partial charge >= 0.3 is 11.9 Å². The molecule has 1 N–H and O–H groups in total. The van der Waals surface area contributed by atoms with Crippen molar-refractivity contribution < 1.29 is 33.0 Å². The van der Waals surface area contributed by atoms with Gasteiger partial charge in [0.05, 0.1) is 19.8 Å². The van der Waals surface area contributed by atoms with Gasteiger partial charge in [0.25, 0.3) is 5.91 Å². The fourth-order valence-corrected chi connectivity index (χ4v) is 4.48. The number of carbonyl (C=O) groups excluding carboxylic acids is 3. The number of rotatable bonds is 8. The lowest BCUT2D eigenvalue weighted by Gasteiger charge is -2.14. The Morgan fingerprint density at radius 3 is 2.38 bits per heavy atom. The van der Waals surface area contributed by atoms with Gasteiger partial charge in [0.15, 0.2) is 5.76 Å². The SMILES string of the molecule is COC(=O)c1sc(NC(=O)c2ccc(COc3cc(C)ccc3C(C)C)o2)c(C(=O)OC)c1C. The molecule has 2 aromatic heterocycles. The number of hydrogen-bond donors (Lipinski definition) is 1. The van der Waals surface area contributed by atoms with Crippen molar-refractivity contribution in [3.63, 3.8) is 0 Å². The number of esters is 2. The predicted molar refractivity (Wildman–Crippen MR) is 128 cm³/mol. The second-order valence-electron chi connectivity index (χ2n) is 7.95. The van der Waals surface area contributed by atoms with Gasteiger partial charge in [0.1, 0.15) is 28.0 Å². The Bertz CT molecular complexity index is 1220. The lowest BCUT2D eigenvalue weighted by molar-refractivity contribution is 0.0601. The molecule has 2 heterocycles. The molecule has 0 aliphatic heterocycles. The maximum absolute atomic E-state index is 12.8. The molecule has 0 saturated carbocycles. The minimum atomic E-state index is -0.674. The van der Waals surface area contributed by atoms with Gasteiger partial charge in [-0.15, -0.1) is 11.3 Å². The van der Waals surface area contributed by atoms with Gasteiger partial charge in [0, 0.05) is 0 Å². The number of amides is 1. The van der Waals surface area contributed by atoms with E-state index in [1.165, 1.54) is 20.3 Å². The molecular formula is C25H27NO7S. The maximum Gasteiger partial charge on any atom is 0.348 e. The molecule has 0 saturated heterocycles. The van der Waals surface area contributed by atoms with Gasteiger partial charge in [-0.1, -0.05) is 26.0 Å². The Labute approximate surface area is 201 Å². The van der Waals surface area contributed by atoms with E-state index in [2.05, 4.69) is 19.2 Å². The molecule has 0 bridgehead atoms. The maximum atomic E-state index is 12.8. The number of nitrogens with one attached hydrogen (secondary N) is 1. The Kier molecular flexibility index (Phi) is 7.78. The molecular weight excluding hydrogens is 458 g/mol. The van der Waals surface area contributed by atoms with Crippen LogP contribution >= 0.6 is 11.3 Å². The van der Waals surface area contributed by atoms with Gasteiger partial charge in [-0.3, -0.25) is 4.79 Å². The van der Waals surface area contributed by atoms with E-state index in [0.29, 0.717) is 17.2 Å². The van der Waals surface area contributed by atoms with E-state index in [1.807, 2.05) is 25.1 Å². The lowest BCUT2D eigenvalue weighted by atomic mass is 10.0. The number of thiophene rings is 1. The molecule has 1 amide bonds. The fourth-order valence-electron chi connectivity index (χ4n) is 3.37. The van der Waals surface area contributed by atoms with Crippen molar-refractivity contribution in [1.82, 2.24) is 0 Å². The zero-order valence-electron chi connectivity index (χ0n) is 19.9. The highest BCUT2D eigenvalue weighted by Crippen LogP contribution is 2.34. The summed E-state index contributed by atoms with van der Waals surface area (Å²) in [5, 5.41) is 2.81. The molecule has 34 heavy (non-hydrogen) atoms. The van der Waals surface area contributed by atoms with E-state index >= 15 is 0 Å². The molecule has 8 nitrogen and oxygen atoms in total. The first-order valence-electron chi connectivity index (χ1n) is 10.6. The summed E-state index contributed by atoms with van der Waals surface area (Å²) in [5.41, 5.74) is 2.63. The monoisotopic (exact) mass is 485 g/mol. The minimum absolute atomic E-state index is 0.0356. The van der Waals surface area contributed by atoms with Gasteiger partial charge in [-0.05, 0) is 54.7 Å². The fraction of sp³-hybridized carbons (Fsp3) is 0.320.